The predicted octanol–water partition coefficient (Wildman–Crippen LogP) is 3.07. The molecule has 166 valence electrons. The minimum Gasteiger partial charge on any atom is -0.396 e. The van der Waals surface area contributed by atoms with Gasteiger partial charge in [0.25, 0.3) is 5.91 Å². The number of pyridine rings is 2. The molecule has 1 aromatic carbocycles. The standard InChI is InChI=1S/C23H25N7O.ClH/c1-26-23(31)14-8-16-18(10-29-22(16)28-9-14)13-4-5-20-17(7-13)21(19(25)11-27-20)30-6-2-3-15(24)12-30;/h4-5,7-11,15H,2-3,6,12,24-25H2,1H3,(H,26,31)(H,28,29);1H/t15-;/m0./s1. The van der Waals surface area contributed by atoms with E-state index in [1.165, 1.54) is 0 Å². The molecule has 0 aliphatic carbocycles. The molecule has 1 aliphatic rings. The summed E-state index contributed by atoms with van der Waals surface area (Å²) in [7, 11) is 1.61. The smallest absolute Gasteiger partial charge is 0.252 e. The van der Waals surface area contributed by atoms with E-state index in [-0.39, 0.29) is 24.4 Å². The van der Waals surface area contributed by atoms with Gasteiger partial charge in [0.2, 0.25) is 0 Å². The second-order valence-electron chi connectivity index (χ2n) is 8.04. The first-order valence-corrected chi connectivity index (χ1v) is 10.4. The average molecular weight is 452 g/mol. The quantitative estimate of drug-likeness (QED) is 0.379. The lowest BCUT2D eigenvalue weighted by Gasteiger charge is -2.34. The molecule has 6 N–H and O–H groups in total. The number of nitrogens with one attached hydrogen (secondary N) is 2. The van der Waals surface area contributed by atoms with Gasteiger partial charge < -0.3 is 26.7 Å². The van der Waals surface area contributed by atoms with Crippen molar-refractivity contribution in [2.45, 2.75) is 18.9 Å². The van der Waals surface area contributed by atoms with Crippen molar-refractivity contribution in [2.75, 3.05) is 30.8 Å². The fourth-order valence-corrected chi connectivity index (χ4v) is 4.44. The number of fused-ring (bicyclic) bond motifs is 2. The molecule has 4 aromatic rings. The van der Waals surface area contributed by atoms with E-state index in [9.17, 15) is 4.79 Å². The number of carbonyl (C=O) groups is 1. The Kier molecular flexibility index (Phi) is 5.90. The minimum atomic E-state index is -0.166. The van der Waals surface area contributed by atoms with Crippen LogP contribution in [0.1, 0.15) is 23.2 Å². The van der Waals surface area contributed by atoms with Crippen molar-refractivity contribution in [3.8, 4) is 11.1 Å². The van der Waals surface area contributed by atoms with E-state index < -0.39 is 0 Å². The highest BCUT2D eigenvalue weighted by atomic mass is 35.5. The van der Waals surface area contributed by atoms with Crippen LogP contribution in [0.4, 0.5) is 11.4 Å². The Labute approximate surface area is 191 Å². The maximum absolute atomic E-state index is 12.1. The Morgan fingerprint density at radius 2 is 2.06 bits per heavy atom. The molecule has 0 radical (unpaired) electrons. The highest BCUT2D eigenvalue weighted by Gasteiger charge is 2.21. The molecule has 8 nitrogen and oxygen atoms in total. The first kappa shape index (κ1) is 21.9. The number of nitrogen functional groups attached to an aromatic ring is 1. The van der Waals surface area contributed by atoms with Crippen LogP contribution in [0.2, 0.25) is 0 Å². The Bertz CT molecular complexity index is 1300. The summed E-state index contributed by atoms with van der Waals surface area (Å²) in [6, 6.07) is 8.16. The van der Waals surface area contributed by atoms with Gasteiger partial charge in [-0.25, -0.2) is 4.98 Å². The number of aromatic amines is 1. The lowest BCUT2D eigenvalue weighted by Crippen LogP contribution is -2.43. The zero-order valence-electron chi connectivity index (χ0n) is 17.8. The van der Waals surface area contributed by atoms with Crippen molar-refractivity contribution < 1.29 is 4.79 Å². The second kappa shape index (κ2) is 8.64. The van der Waals surface area contributed by atoms with E-state index in [2.05, 4.69) is 31.2 Å². The number of H-pyrrole nitrogens is 1. The molecular weight excluding hydrogens is 426 g/mol. The van der Waals surface area contributed by atoms with Crippen molar-refractivity contribution in [3.63, 3.8) is 0 Å². The van der Waals surface area contributed by atoms with Crippen LogP contribution in [0.3, 0.4) is 0 Å². The Hall–Kier alpha value is -3.36. The van der Waals surface area contributed by atoms with Gasteiger partial charge in [0, 0.05) is 54.9 Å². The van der Waals surface area contributed by atoms with Gasteiger partial charge in [-0.3, -0.25) is 9.78 Å². The first-order chi connectivity index (χ1) is 15.0. The molecule has 1 aliphatic heterocycles. The molecule has 0 bridgehead atoms. The van der Waals surface area contributed by atoms with Crippen molar-refractivity contribution in [3.05, 3.63) is 48.4 Å². The first-order valence-electron chi connectivity index (χ1n) is 10.4. The average Bonchev–Trinajstić information content (AvgIpc) is 3.21. The number of nitrogens with two attached hydrogens (primary N) is 2. The van der Waals surface area contributed by atoms with Crippen LogP contribution in [0.25, 0.3) is 33.1 Å². The molecule has 3 aromatic heterocycles. The monoisotopic (exact) mass is 451 g/mol. The number of rotatable bonds is 3. The van der Waals surface area contributed by atoms with Crippen LogP contribution in [0.15, 0.2) is 42.9 Å². The second-order valence-corrected chi connectivity index (χ2v) is 8.04. The highest BCUT2D eigenvalue weighted by Crippen LogP contribution is 2.37. The van der Waals surface area contributed by atoms with Gasteiger partial charge >= 0.3 is 0 Å². The number of halogens is 1. The number of benzene rings is 1. The van der Waals surface area contributed by atoms with E-state index in [4.69, 9.17) is 11.5 Å². The summed E-state index contributed by atoms with van der Waals surface area (Å²) < 4.78 is 0. The number of aromatic nitrogens is 3. The topological polar surface area (TPSA) is 126 Å². The zero-order valence-corrected chi connectivity index (χ0v) is 18.6. The zero-order chi connectivity index (χ0) is 21.5. The Morgan fingerprint density at radius 3 is 2.84 bits per heavy atom. The summed E-state index contributed by atoms with van der Waals surface area (Å²) in [4.78, 5) is 26.5. The number of amides is 1. The molecule has 9 heteroatoms. The number of hydrogen-bond acceptors (Lipinski definition) is 6. The normalized spacial score (nSPS) is 16.2. The van der Waals surface area contributed by atoms with Gasteiger partial charge in [-0.05, 0) is 36.6 Å². The van der Waals surface area contributed by atoms with Crippen molar-refractivity contribution in [2.24, 2.45) is 5.73 Å². The van der Waals surface area contributed by atoms with Crippen LogP contribution in [0, 0.1) is 0 Å². The number of anilines is 2. The van der Waals surface area contributed by atoms with Gasteiger partial charge in [-0.2, -0.15) is 0 Å². The van der Waals surface area contributed by atoms with Crippen LogP contribution in [0.5, 0.6) is 0 Å². The van der Waals surface area contributed by atoms with Crippen molar-refractivity contribution in [1.29, 1.82) is 0 Å². The molecule has 4 heterocycles. The van der Waals surface area contributed by atoms with E-state index in [1.807, 2.05) is 24.4 Å². The summed E-state index contributed by atoms with van der Waals surface area (Å²) >= 11 is 0. The molecule has 1 atom stereocenters. The fourth-order valence-electron chi connectivity index (χ4n) is 4.44. The molecule has 0 spiro atoms. The third-order valence-electron chi connectivity index (χ3n) is 5.97. The van der Waals surface area contributed by atoms with E-state index in [0.717, 1.165) is 64.7 Å². The summed E-state index contributed by atoms with van der Waals surface area (Å²) in [5.41, 5.74) is 18.4. The lowest BCUT2D eigenvalue weighted by atomic mass is 10.00. The number of piperidine rings is 1. The van der Waals surface area contributed by atoms with Gasteiger partial charge in [-0.15, -0.1) is 12.4 Å². The maximum Gasteiger partial charge on any atom is 0.252 e. The molecule has 1 fully saturated rings. The van der Waals surface area contributed by atoms with Crippen molar-refractivity contribution >= 4 is 51.6 Å². The van der Waals surface area contributed by atoms with E-state index >= 15 is 0 Å². The molecule has 1 amide bonds. The van der Waals surface area contributed by atoms with Gasteiger partial charge in [0.15, 0.2) is 0 Å². The van der Waals surface area contributed by atoms with Gasteiger partial charge in [-0.1, -0.05) is 6.07 Å². The van der Waals surface area contributed by atoms with Crippen LogP contribution in [-0.2, 0) is 0 Å². The molecule has 1 saturated heterocycles. The molecule has 0 saturated carbocycles. The fraction of sp³-hybridized carbons (Fsp3) is 0.261. The number of nitrogens with zero attached hydrogens (tertiary/aromatic N) is 3. The Morgan fingerprint density at radius 1 is 1.22 bits per heavy atom. The summed E-state index contributed by atoms with van der Waals surface area (Å²) in [5, 5.41) is 4.53. The minimum absolute atomic E-state index is 0. The Balaban J connectivity index is 0.00000245. The van der Waals surface area contributed by atoms with Crippen LogP contribution >= 0.6 is 12.4 Å². The van der Waals surface area contributed by atoms with Crippen LogP contribution < -0.4 is 21.7 Å². The maximum atomic E-state index is 12.1. The summed E-state index contributed by atoms with van der Waals surface area (Å²) in [5.74, 6) is -0.166. The van der Waals surface area contributed by atoms with E-state index in [1.54, 1.807) is 19.4 Å². The van der Waals surface area contributed by atoms with Crippen molar-refractivity contribution in [1.82, 2.24) is 20.3 Å². The third-order valence-corrected chi connectivity index (χ3v) is 5.97. The molecule has 0 unspecified atom stereocenters. The number of carbonyl (C=O) groups excluding carboxylic acids is 1. The molecule has 5 rings (SSSR count). The lowest BCUT2D eigenvalue weighted by molar-refractivity contribution is 0.0963. The van der Waals surface area contributed by atoms with Crippen LogP contribution in [-0.4, -0.2) is 47.0 Å². The SMILES string of the molecule is CNC(=O)c1cnc2[nH]cc(-c3ccc4ncc(N)c(N5CCC[C@H](N)C5)c4c3)c2c1.Cl. The molecule has 32 heavy (non-hydrogen) atoms. The summed E-state index contributed by atoms with van der Waals surface area (Å²) in [6.07, 6.45) is 7.29. The van der Waals surface area contributed by atoms with Gasteiger partial charge in [0.1, 0.15) is 5.65 Å². The van der Waals surface area contributed by atoms with Gasteiger partial charge in [0.05, 0.1) is 28.7 Å². The summed E-state index contributed by atoms with van der Waals surface area (Å²) in [6.45, 7) is 1.70. The van der Waals surface area contributed by atoms with E-state index in [0.29, 0.717) is 11.3 Å². The third kappa shape index (κ3) is 3.72. The highest BCUT2D eigenvalue weighted by molar-refractivity contribution is 6.04. The molecular formula is C23H26ClN7O. The largest absolute Gasteiger partial charge is 0.396 e. The number of hydrogen-bond donors (Lipinski definition) is 4. The predicted molar refractivity (Wildman–Crippen MR) is 131 cm³/mol.